The van der Waals surface area contributed by atoms with Crippen LogP contribution in [0.1, 0.15) is 16.8 Å². The predicted molar refractivity (Wildman–Crippen MR) is 103 cm³/mol. The van der Waals surface area contributed by atoms with Gasteiger partial charge in [0.25, 0.3) is 0 Å². The number of carbonyl (C=O) groups is 1. The number of hydrogen-bond donors (Lipinski definition) is 2. The molecule has 2 heterocycles. The van der Waals surface area contributed by atoms with Gasteiger partial charge in [-0.3, -0.25) is 14.8 Å². The molecule has 1 aliphatic rings. The van der Waals surface area contributed by atoms with Gasteiger partial charge < -0.3 is 15.5 Å². The van der Waals surface area contributed by atoms with Gasteiger partial charge in [0.2, 0.25) is 5.91 Å². The van der Waals surface area contributed by atoms with Gasteiger partial charge in [0, 0.05) is 45.0 Å². The second kappa shape index (κ2) is 8.99. The van der Waals surface area contributed by atoms with Crippen molar-refractivity contribution in [3.05, 3.63) is 65.5 Å². The summed E-state index contributed by atoms with van der Waals surface area (Å²) in [4.78, 5) is 22.9. The van der Waals surface area contributed by atoms with Crippen LogP contribution in [0.25, 0.3) is 0 Å². The number of carbonyl (C=O) groups excluding carboxylic acids is 1. The van der Waals surface area contributed by atoms with Gasteiger partial charge in [-0.05, 0) is 29.7 Å². The number of guanidine groups is 1. The van der Waals surface area contributed by atoms with Crippen molar-refractivity contribution in [2.24, 2.45) is 4.99 Å². The molecule has 0 radical (unpaired) electrons. The van der Waals surface area contributed by atoms with Gasteiger partial charge in [-0.1, -0.05) is 30.3 Å². The normalized spacial score (nSPS) is 13.9. The highest BCUT2D eigenvalue weighted by molar-refractivity contribution is 5.86. The molecule has 2 aromatic rings. The van der Waals surface area contributed by atoms with Crippen LogP contribution < -0.4 is 10.6 Å². The van der Waals surface area contributed by atoms with E-state index in [0.717, 1.165) is 25.1 Å². The molecule has 0 spiro atoms. The van der Waals surface area contributed by atoms with E-state index in [1.54, 1.807) is 13.2 Å². The Hall–Kier alpha value is -2.89. The third kappa shape index (κ3) is 4.81. The molecule has 1 aliphatic heterocycles. The van der Waals surface area contributed by atoms with Crippen LogP contribution in [-0.4, -0.2) is 48.4 Å². The highest BCUT2D eigenvalue weighted by Crippen LogP contribution is 2.18. The van der Waals surface area contributed by atoms with Crippen molar-refractivity contribution in [3.63, 3.8) is 0 Å². The summed E-state index contributed by atoms with van der Waals surface area (Å²) in [6.45, 7) is 2.40. The number of rotatable bonds is 5. The highest BCUT2D eigenvalue weighted by atomic mass is 16.2. The third-order valence-corrected chi connectivity index (χ3v) is 4.51. The Bertz CT molecular complexity index is 760. The predicted octanol–water partition coefficient (Wildman–Crippen LogP) is 1.37. The molecular formula is C20H25N5O. The molecule has 0 bridgehead atoms. The average Bonchev–Trinajstić information content (AvgIpc) is 2.70. The Balaban J connectivity index is 1.43. The molecule has 0 saturated heterocycles. The number of hydrogen-bond acceptors (Lipinski definition) is 3. The summed E-state index contributed by atoms with van der Waals surface area (Å²) in [5, 5.41) is 6.32. The van der Waals surface area contributed by atoms with E-state index in [-0.39, 0.29) is 12.5 Å². The van der Waals surface area contributed by atoms with Crippen molar-refractivity contribution in [3.8, 4) is 0 Å². The Morgan fingerprint density at radius 3 is 2.73 bits per heavy atom. The molecule has 6 nitrogen and oxygen atoms in total. The van der Waals surface area contributed by atoms with Crippen LogP contribution in [-0.2, 0) is 24.2 Å². The molecule has 6 heteroatoms. The maximum atomic E-state index is 12.5. The second-order valence-corrected chi connectivity index (χ2v) is 6.26. The summed E-state index contributed by atoms with van der Waals surface area (Å²) in [5.41, 5.74) is 3.61. The van der Waals surface area contributed by atoms with Crippen LogP contribution in [0, 0.1) is 0 Å². The van der Waals surface area contributed by atoms with Gasteiger partial charge >= 0.3 is 0 Å². The van der Waals surface area contributed by atoms with Crippen molar-refractivity contribution in [1.82, 2.24) is 20.5 Å². The number of amides is 1. The van der Waals surface area contributed by atoms with Crippen molar-refractivity contribution in [2.75, 3.05) is 26.7 Å². The summed E-state index contributed by atoms with van der Waals surface area (Å²) in [6.07, 6.45) is 3.51. The van der Waals surface area contributed by atoms with E-state index >= 15 is 0 Å². The molecule has 1 aromatic heterocycles. The minimum absolute atomic E-state index is 0.0900. The van der Waals surface area contributed by atoms with Gasteiger partial charge in [0.1, 0.15) is 0 Å². The Morgan fingerprint density at radius 2 is 1.96 bits per heavy atom. The molecule has 2 N–H and O–H groups in total. The first kappa shape index (κ1) is 17.9. The lowest BCUT2D eigenvalue weighted by molar-refractivity contribution is -0.130. The summed E-state index contributed by atoms with van der Waals surface area (Å²) in [7, 11) is 1.71. The standard InChI is InChI=1S/C20H25N5O/c1-21-20(23-12-9-18-8-4-5-11-22-18)24-14-19(26)25-13-10-16-6-2-3-7-17(16)15-25/h2-8,11H,9-10,12-15H2,1H3,(H2,21,23,24). The van der Waals surface area contributed by atoms with Gasteiger partial charge in [-0.15, -0.1) is 0 Å². The lowest BCUT2D eigenvalue weighted by atomic mass is 10.00. The first-order valence-corrected chi connectivity index (χ1v) is 8.95. The second-order valence-electron chi connectivity index (χ2n) is 6.26. The van der Waals surface area contributed by atoms with E-state index in [9.17, 15) is 4.79 Å². The maximum absolute atomic E-state index is 12.5. The maximum Gasteiger partial charge on any atom is 0.242 e. The fraction of sp³-hybridized carbons (Fsp3) is 0.350. The van der Waals surface area contributed by atoms with E-state index in [1.165, 1.54) is 11.1 Å². The number of nitrogens with one attached hydrogen (secondary N) is 2. The quantitative estimate of drug-likeness (QED) is 0.631. The van der Waals surface area contributed by atoms with Crippen LogP contribution >= 0.6 is 0 Å². The van der Waals surface area contributed by atoms with Gasteiger partial charge in [0.05, 0.1) is 6.54 Å². The van der Waals surface area contributed by atoms with Gasteiger partial charge in [0.15, 0.2) is 5.96 Å². The summed E-state index contributed by atoms with van der Waals surface area (Å²) in [6, 6.07) is 14.2. The van der Waals surface area contributed by atoms with E-state index in [0.29, 0.717) is 19.0 Å². The van der Waals surface area contributed by atoms with Crippen LogP contribution in [0.5, 0.6) is 0 Å². The molecule has 0 saturated carbocycles. The molecule has 136 valence electrons. The molecule has 26 heavy (non-hydrogen) atoms. The topological polar surface area (TPSA) is 69.6 Å². The molecule has 0 aliphatic carbocycles. The molecule has 0 fully saturated rings. The van der Waals surface area contributed by atoms with Crippen LogP contribution in [0.3, 0.4) is 0 Å². The van der Waals surface area contributed by atoms with Crippen LogP contribution in [0.15, 0.2) is 53.7 Å². The number of aromatic nitrogens is 1. The number of aliphatic imine (C=N–C) groups is 1. The van der Waals surface area contributed by atoms with Crippen molar-refractivity contribution in [2.45, 2.75) is 19.4 Å². The third-order valence-electron chi connectivity index (χ3n) is 4.51. The Kier molecular flexibility index (Phi) is 6.19. The van der Waals surface area contributed by atoms with E-state index in [1.807, 2.05) is 29.2 Å². The molecule has 1 aromatic carbocycles. The first-order chi connectivity index (χ1) is 12.8. The van der Waals surface area contributed by atoms with Gasteiger partial charge in [-0.25, -0.2) is 0 Å². The Morgan fingerprint density at radius 1 is 1.15 bits per heavy atom. The smallest absolute Gasteiger partial charge is 0.242 e. The fourth-order valence-corrected chi connectivity index (χ4v) is 3.06. The van der Waals surface area contributed by atoms with Crippen molar-refractivity contribution < 1.29 is 4.79 Å². The highest BCUT2D eigenvalue weighted by Gasteiger charge is 2.20. The van der Waals surface area contributed by atoms with Gasteiger partial charge in [-0.2, -0.15) is 0 Å². The summed E-state index contributed by atoms with van der Waals surface area (Å²) < 4.78 is 0. The van der Waals surface area contributed by atoms with Crippen molar-refractivity contribution >= 4 is 11.9 Å². The molecule has 0 unspecified atom stereocenters. The minimum Gasteiger partial charge on any atom is -0.356 e. The van der Waals surface area contributed by atoms with Crippen LogP contribution in [0.4, 0.5) is 0 Å². The SMILES string of the molecule is CN=C(NCCc1ccccn1)NCC(=O)N1CCc2ccccc2C1. The van der Waals surface area contributed by atoms with E-state index in [2.05, 4.69) is 38.8 Å². The van der Waals surface area contributed by atoms with Crippen molar-refractivity contribution in [1.29, 1.82) is 0 Å². The fourth-order valence-electron chi connectivity index (χ4n) is 3.06. The van der Waals surface area contributed by atoms with E-state index < -0.39 is 0 Å². The molecule has 1 amide bonds. The first-order valence-electron chi connectivity index (χ1n) is 8.95. The Labute approximate surface area is 154 Å². The van der Waals surface area contributed by atoms with Crippen LogP contribution in [0.2, 0.25) is 0 Å². The zero-order valence-corrected chi connectivity index (χ0v) is 15.1. The molecular weight excluding hydrogens is 326 g/mol. The number of fused-ring (bicyclic) bond motifs is 1. The zero-order chi connectivity index (χ0) is 18.2. The monoisotopic (exact) mass is 351 g/mol. The lowest BCUT2D eigenvalue weighted by Gasteiger charge is -2.29. The average molecular weight is 351 g/mol. The molecule has 0 atom stereocenters. The number of benzene rings is 1. The largest absolute Gasteiger partial charge is 0.356 e. The summed E-state index contributed by atoms with van der Waals surface area (Å²) >= 11 is 0. The van der Waals surface area contributed by atoms with E-state index in [4.69, 9.17) is 0 Å². The molecule has 3 rings (SSSR count). The number of nitrogens with zero attached hydrogens (tertiary/aromatic N) is 3. The zero-order valence-electron chi connectivity index (χ0n) is 15.1. The minimum atomic E-state index is 0.0900. The summed E-state index contributed by atoms with van der Waals surface area (Å²) in [5.74, 6) is 0.721. The number of pyridine rings is 1. The lowest BCUT2D eigenvalue weighted by Crippen LogP contribution is -2.46.